The highest BCUT2D eigenvalue weighted by Crippen LogP contribution is 2.22. The summed E-state index contributed by atoms with van der Waals surface area (Å²) in [5, 5.41) is 10.3. The van der Waals surface area contributed by atoms with Crippen LogP contribution in [0.3, 0.4) is 0 Å². The lowest BCUT2D eigenvalue weighted by molar-refractivity contribution is -0.181. The summed E-state index contributed by atoms with van der Waals surface area (Å²) < 4.78 is 0. The number of carbonyl (C=O) groups is 1. The van der Waals surface area contributed by atoms with Crippen LogP contribution in [-0.2, 0) is 9.63 Å². The van der Waals surface area contributed by atoms with Crippen LogP contribution in [0, 0.1) is 11.8 Å². The monoisotopic (exact) mass is 201 g/mol. The fraction of sp³-hybridized carbons (Fsp3) is 0.900. The van der Waals surface area contributed by atoms with E-state index in [1.54, 1.807) is 0 Å². The van der Waals surface area contributed by atoms with Gasteiger partial charge in [-0.05, 0) is 11.8 Å². The molecule has 0 aromatic carbocycles. The van der Waals surface area contributed by atoms with Gasteiger partial charge in [-0.2, -0.15) is 0 Å². The molecule has 0 spiro atoms. The molecule has 1 aliphatic rings. The zero-order chi connectivity index (χ0) is 10.7. The molecule has 82 valence electrons. The van der Waals surface area contributed by atoms with Gasteiger partial charge in [-0.15, -0.1) is 0 Å². The van der Waals surface area contributed by atoms with E-state index in [0.717, 1.165) is 0 Å². The summed E-state index contributed by atoms with van der Waals surface area (Å²) in [4.78, 5) is 16.9. The lowest BCUT2D eigenvalue weighted by Gasteiger charge is -2.20. The number of aliphatic hydroxyl groups excluding tert-OH is 1. The van der Waals surface area contributed by atoms with Crippen LogP contribution in [0.1, 0.15) is 27.2 Å². The van der Waals surface area contributed by atoms with Gasteiger partial charge >= 0.3 is 0 Å². The summed E-state index contributed by atoms with van der Waals surface area (Å²) in [6, 6.07) is 0. The van der Waals surface area contributed by atoms with Crippen LogP contribution in [0.4, 0.5) is 0 Å². The second-order valence-corrected chi connectivity index (χ2v) is 4.33. The third kappa shape index (κ3) is 2.69. The number of hydroxylamine groups is 2. The van der Waals surface area contributed by atoms with Gasteiger partial charge in [-0.3, -0.25) is 9.63 Å². The van der Waals surface area contributed by atoms with Gasteiger partial charge in [0, 0.05) is 6.61 Å². The first-order valence-electron chi connectivity index (χ1n) is 5.12. The molecule has 0 aromatic rings. The van der Waals surface area contributed by atoms with Crippen molar-refractivity contribution in [2.75, 3.05) is 13.2 Å². The van der Waals surface area contributed by atoms with Crippen molar-refractivity contribution in [3.63, 3.8) is 0 Å². The first kappa shape index (κ1) is 11.5. The molecule has 0 bridgehead atoms. The Balaban J connectivity index is 2.44. The molecule has 1 N–H and O–H groups in total. The van der Waals surface area contributed by atoms with Gasteiger partial charge in [0.25, 0.3) is 0 Å². The second-order valence-electron chi connectivity index (χ2n) is 4.33. The van der Waals surface area contributed by atoms with Crippen LogP contribution in [0.2, 0.25) is 0 Å². The van der Waals surface area contributed by atoms with E-state index in [4.69, 9.17) is 9.94 Å². The Bertz CT molecular complexity index is 206. The van der Waals surface area contributed by atoms with Gasteiger partial charge < -0.3 is 5.11 Å². The van der Waals surface area contributed by atoms with Gasteiger partial charge in [0.15, 0.2) is 0 Å². The molecule has 1 aliphatic heterocycles. The fourth-order valence-corrected chi connectivity index (χ4v) is 1.38. The second kappa shape index (κ2) is 4.75. The largest absolute Gasteiger partial charge is 0.396 e. The van der Waals surface area contributed by atoms with Crippen LogP contribution in [0.25, 0.3) is 0 Å². The van der Waals surface area contributed by atoms with E-state index in [2.05, 4.69) is 0 Å². The molecule has 0 aliphatic carbocycles. The Labute approximate surface area is 84.8 Å². The van der Waals surface area contributed by atoms with Crippen molar-refractivity contribution in [1.82, 2.24) is 5.06 Å². The van der Waals surface area contributed by atoms with E-state index < -0.39 is 0 Å². The number of hydrogen-bond acceptors (Lipinski definition) is 3. The van der Waals surface area contributed by atoms with Crippen molar-refractivity contribution < 1.29 is 14.7 Å². The van der Waals surface area contributed by atoms with Gasteiger partial charge in [0.2, 0.25) is 5.91 Å². The zero-order valence-electron chi connectivity index (χ0n) is 9.06. The Morgan fingerprint density at radius 2 is 2.21 bits per heavy atom. The minimum Gasteiger partial charge on any atom is -0.396 e. The molecule has 2 atom stereocenters. The highest BCUT2D eigenvalue weighted by Gasteiger charge is 2.33. The highest BCUT2D eigenvalue weighted by atomic mass is 16.7. The lowest BCUT2D eigenvalue weighted by Crippen LogP contribution is -2.30. The van der Waals surface area contributed by atoms with Crippen molar-refractivity contribution in [2.24, 2.45) is 11.8 Å². The Hall–Kier alpha value is -0.610. The van der Waals surface area contributed by atoms with Crippen LogP contribution in [-0.4, -0.2) is 35.3 Å². The first-order chi connectivity index (χ1) is 6.54. The topological polar surface area (TPSA) is 49.8 Å². The normalized spacial score (nSPS) is 24.8. The minimum absolute atomic E-state index is 0.00777. The van der Waals surface area contributed by atoms with E-state index in [0.29, 0.717) is 18.9 Å². The quantitative estimate of drug-likeness (QED) is 0.732. The molecule has 0 aromatic heterocycles. The third-order valence-electron chi connectivity index (χ3n) is 2.45. The summed E-state index contributed by atoms with van der Waals surface area (Å²) in [6.45, 7) is 6.53. The molecule has 1 saturated heterocycles. The zero-order valence-corrected chi connectivity index (χ0v) is 9.06. The van der Waals surface area contributed by atoms with Crippen molar-refractivity contribution >= 4 is 5.91 Å². The van der Waals surface area contributed by atoms with Gasteiger partial charge in [0.05, 0.1) is 19.1 Å². The van der Waals surface area contributed by atoms with Crippen molar-refractivity contribution in [1.29, 1.82) is 0 Å². The summed E-state index contributed by atoms with van der Waals surface area (Å²) in [7, 11) is 0. The molecular formula is C10H19NO3. The highest BCUT2D eigenvalue weighted by molar-refractivity contribution is 5.77. The molecule has 14 heavy (non-hydrogen) atoms. The van der Waals surface area contributed by atoms with E-state index in [1.165, 1.54) is 5.06 Å². The average Bonchev–Trinajstić information content (AvgIpc) is 2.48. The van der Waals surface area contributed by atoms with Crippen LogP contribution < -0.4 is 0 Å². The number of rotatable bonds is 4. The number of hydrogen-bond donors (Lipinski definition) is 1. The smallest absolute Gasteiger partial charge is 0.248 e. The fourth-order valence-electron chi connectivity index (χ4n) is 1.38. The number of aliphatic hydroxyl groups is 1. The number of amides is 1. The standard InChI is InChI=1S/C10H19NO3/c1-7(2)9-4-10(13)11(14-9)5-8(3)6-12/h7-9,12H,4-6H2,1-3H3. The Kier molecular flexibility index (Phi) is 3.89. The lowest BCUT2D eigenvalue weighted by atomic mass is 10.1. The minimum atomic E-state index is 0.00777. The summed E-state index contributed by atoms with van der Waals surface area (Å²) in [6.07, 6.45) is 0.476. The SMILES string of the molecule is CC(CO)CN1OC(C(C)C)CC1=O. The first-order valence-corrected chi connectivity index (χ1v) is 5.12. The van der Waals surface area contributed by atoms with Crippen molar-refractivity contribution in [3.8, 4) is 0 Å². The van der Waals surface area contributed by atoms with Crippen LogP contribution in [0.15, 0.2) is 0 Å². The number of carbonyl (C=O) groups excluding carboxylic acids is 1. The average molecular weight is 201 g/mol. The summed E-state index contributed by atoms with van der Waals surface area (Å²) >= 11 is 0. The Morgan fingerprint density at radius 3 is 2.64 bits per heavy atom. The van der Waals surface area contributed by atoms with E-state index >= 15 is 0 Å². The summed E-state index contributed by atoms with van der Waals surface area (Å²) in [5.74, 6) is 0.460. The Morgan fingerprint density at radius 1 is 1.57 bits per heavy atom. The molecule has 1 heterocycles. The van der Waals surface area contributed by atoms with Gasteiger partial charge in [-0.1, -0.05) is 20.8 Å². The molecule has 2 unspecified atom stereocenters. The van der Waals surface area contributed by atoms with Gasteiger partial charge in [0.1, 0.15) is 0 Å². The summed E-state index contributed by atoms with van der Waals surface area (Å²) in [5.41, 5.74) is 0. The van der Waals surface area contributed by atoms with Crippen LogP contribution >= 0.6 is 0 Å². The maximum atomic E-state index is 11.5. The number of nitrogens with zero attached hydrogens (tertiary/aromatic N) is 1. The molecule has 1 amide bonds. The molecule has 0 saturated carbocycles. The van der Waals surface area contributed by atoms with E-state index in [9.17, 15) is 4.79 Å². The van der Waals surface area contributed by atoms with E-state index in [-0.39, 0.29) is 24.5 Å². The molecule has 0 radical (unpaired) electrons. The van der Waals surface area contributed by atoms with Gasteiger partial charge in [-0.25, -0.2) is 5.06 Å². The maximum Gasteiger partial charge on any atom is 0.248 e. The predicted octanol–water partition coefficient (Wildman–Crippen LogP) is 0.803. The van der Waals surface area contributed by atoms with Crippen molar-refractivity contribution in [2.45, 2.75) is 33.3 Å². The molecular weight excluding hydrogens is 182 g/mol. The van der Waals surface area contributed by atoms with Crippen LogP contribution in [0.5, 0.6) is 0 Å². The van der Waals surface area contributed by atoms with E-state index in [1.807, 2.05) is 20.8 Å². The third-order valence-corrected chi connectivity index (χ3v) is 2.45. The molecule has 4 nitrogen and oxygen atoms in total. The molecule has 1 fully saturated rings. The van der Waals surface area contributed by atoms with Crippen molar-refractivity contribution in [3.05, 3.63) is 0 Å². The predicted molar refractivity (Wildman–Crippen MR) is 52.3 cm³/mol. The molecule has 4 heteroatoms. The molecule has 1 rings (SSSR count). The maximum absolute atomic E-state index is 11.5.